The number of hydrogen-bond acceptors (Lipinski definition) is 1. The second kappa shape index (κ2) is 5.21. The maximum atomic E-state index is 13.8. The Balaban J connectivity index is 3.15. The van der Waals surface area contributed by atoms with E-state index in [1.165, 1.54) is 0 Å². The highest BCUT2D eigenvalue weighted by Crippen LogP contribution is 2.33. The van der Waals surface area contributed by atoms with Gasteiger partial charge in [-0.15, -0.1) is 0 Å². The second-order valence-electron chi connectivity index (χ2n) is 3.44. The Bertz CT molecular complexity index is 341. The van der Waals surface area contributed by atoms with Gasteiger partial charge in [-0.3, -0.25) is 4.99 Å². The highest BCUT2D eigenvalue weighted by molar-refractivity contribution is 9.25. The van der Waals surface area contributed by atoms with Crippen molar-refractivity contribution in [2.75, 3.05) is 0 Å². The van der Waals surface area contributed by atoms with Crippen LogP contribution < -0.4 is 0 Å². The van der Waals surface area contributed by atoms with Gasteiger partial charge >= 0.3 is 0 Å². The van der Waals surface area contributed by atoms with Crippen LogP contribution in [0.3, 0.4) is 0 Å². The van der Waals surface area contributed by atoms with E-state index in [4.69, 9.17) is 0 Å². The normalized spacial score (nSPS) is 13.3. The molecule has 0 aliphatic carbocycles. The average Bonchev–Trinajstić information content (AvgIpc) is 2.14. The van der Waals surface area contributed by atoms with Gasteiger partial charge < -0.3 is 0 Å². The van der Waals surface area contributed by atoms with Crippen LogP contribution in [0.2, 0.25) is 0 Å². The molecule has 0 heterocycles. The van der Waals surface area contributed by atoms with E-state index in [0.29, 0.717) is 5.71 Å². The monoisotopic (exact) mass is 335 g/mol. The van der Waals surface area contributed by atoms with Crippen LogP contribution in [0.1, 0.15) is 19.4 Å². The first-order chi connectivity index (χ1) is 6.91. The van der Waals surface area contributed by atoms with E-state index in [9.17, 15) is 4.39 Å². The topological polar surface area (TPSA) is 12.4 Å². The predicted octanol–water partition coefficient (Wildman–Crippen LogP) is 4.30. The molecule has 0 unspecified atom stereocenters. The third-order valence-electron chi connectivity index (χ3n) is 1.70. The lowest BCUT2D eigenvalue weighted by atomic mass is 10.1. The molecule has 0 saturated heterocycles. The van der Waals surface area contributed by atoms with Crippen molar-refractivity contribution in [3.63, 3.8) is 0 Å². The van der Waals surface area contributed by atoms with E-state index in [1.807, 2.05) is 44.2 Å². The standard InChI is InChI=1S/C11H12Br2FN/c1-8(2)15-10(11(12,13)14)9-6-4-3-5-7-9/h3-8H,1-2H3. The van der Waals surface area contributed by atoms with E-state index in [1.54, 1.807) is 0 Å². The third kappa shape index (κ3) is 4.03. The lowest BCUT2D eigenvalue weighted by Crippen LogP contribution is -2.22. The molecule has 0 aliphatic heterocycles. The van der Waals surface area contributed by atoms with Crippen molar-refractivity contribution in [3.8, 4) is 0 Å². The molecule has 0 N–H and O–H groups in total. The van der Waals surface area contributed by atoms with Gasteiger partial charge in [0.2, 0.25) is 0 Å². The molecule has 1 aromatic carbocycles. The van der Waals surface area contributed by atoms with Crippen molar-refractivity contribution in [3.05, 3.63) is 35.9 Å². The van der Waals surface area contributed by atoms with Crippen molar-refractivity contribution in [2.45, 2.75) is 23.4 Å². The molecule has 0 radical (unpaired) electrons. The van der Waals surface area contributed by atoms with Gasteiger partial charge in [-0.05, 0) is 45.7 Å². The van der Waals surface area contributed by atoms with Gasteiger partial charge in [0.25, 0.3) is 3.49 Å². The molecule has 0 spiro atoms. The van der Waals surface area contributed by atoms with Crippen LogP contribution >= 0.6 is 31.9 Å². The SMILES string of the molecule is CC(C)N=C(c1ccccc1)C(F)(Br)Br. The number of hydrogen-bond donors (Lipinski definition) is 0. The summed E-state index contributed by atoms with van der Waals surface area (Å²) in [6.07, 6.45) is 0. The quantitative estimate of drug-likeness (QED) is 0.576. The summed E-state index contributed by atoms with van der Waals surface area (Å²) >= 11 is 5.86. The Morgan fingerprint density at radius 2 is 1.80 bits per heavy atom. The molecule has 0 saturated carbocycles. The molecule has 0 amide bonds. The number of halogens is 3. The second-order valence-corrected chi connectivity index (χ2v) is 6.68. The summed E-state index contributed by atoms with van der Waals surface area (Å²) < 4.78 is 12.0. The zero-order chi connectivity index (χ0) is 11.5. The Morgan fingerprint density at radius 3 is 2.20 bits per heavy atom. The zero-order valence-corrected chi connectivity index (χ0v) is 11.7. The molecule has 0 aromatic heterocycles. The van der Waals surface area contributed by atoms with E-state index in [-0.39, 0.29) is 6.04 Å². The van der Waals surface area contributed by atoms with Gasteiger partial charge in [0.1, 0.15) is 5.71 Å². The molecule has 0 fully saturated rings. The fraction of sp³-hybridized carbons (Fsp3) is 0.364. The predicted molar refractivity (Wildman–Crippen MR) is 69.8 cm³/mol. The zero-order valence-electron chi connectivity index (χ0n) is 8.55. The van der Waals surface area contributed by atoms with Gasteiger partial charge in [-0.25, -0.2) is 4.39 Å². The number of alkyl halides is 3. The number of benzene rings is 1. The van der Waals surface area contributed by atoms with Crippen molar-refractivity contribution >= 4 is 37.6 Å². The van der Waals surface area contributed by atoms with E-state index in [0.717, 1.165) is 5.56 Å². The smallest absolute Gasteiger partial charge is 0.260 e. The first-order valence-electron chi connectivity index (χ1n) is 4.61. The van der Waals surface area contributed by atoms with Gasteiger partial charge in [0.05, 0.1) is 0 Å². The average molecular weight is 337 g/mol. The molecule has 1 rings (SSSR count). The minimum absolute atomic E-state index is 0.0467. The van der Waals surface area contributed by atoms with Crippen LogP contribution in [0, 0.1) is 0 Å². The maximum absolute atomic E-state index is 13.8. The summed E-state index contributed by atoms with van der Waals surface area (Å²) in [7, 11) is 0. The van der Waals surface area contributed by atoms with Crippen LogP contribution in [-0.4, -0.2) is 15.2 Å². The molecule has 15 heavy (non-hydrogen) atoms. The molecule has 1 aromatic rings. The lowest BCUT2D eigenvalue weighted by molar-refractivity contribution is 0.519. The molecule has 1 nitrogen and oxygen atoms in total. The molecular weight excluding hydrogens is 325 g/mol. The summed E-state index contributed by atoms with van der Waals surface area (Å²) in [6.45, 7) is 3.82. The number of aliphatic imine (C=N–C) groups is 1. The molecular formula is C11H12Br2FN. The van der Waals surface area contributed by atoms with Crippen molar-refractivity contribution in [1.29, 1.82) is 0 Å². The molecule has 82 valence electrons. The lowest BCUT2D eigenvalue weighted by Gasteiger charge is -2.15. The van der Waals surface area contributed by atoms with Crippen LogP contribution in [0.15, 0.2) is 35.3 Å². The first-order valence-corrected chi connectivity index (χ1v) is 6.20. The summed E-state index contributed by atoms with van der Waals surface area (Å²) in [6, 6.07) is 9.31. The Labute approximate surface area is 106 Å². The van der Waals surface area contributed by atoms with Crippen molar-refractivity contribution < 1.29 is 4.39 Å². The maximum Gasteiger partial charge on any atom is 0.260 e. The fourth-order valence-electron chi connectivity index (χ4n) is 1.17. The number of nitrogens with zero attached hydrogens (tertiary/aromatic N) is 1. The summed E-state index contributed by atoms with van der Waals surface area (Å²) in [5, 5.41) is 0. The van der Waals surface area contributed by atoms with E-state index < -0.39 is 3.49 Å². The Kier molecular flexibility index (Phi) is 4.46. The molecule has 0 aliphatic rings. The Hall–Kier alpha value is -0.220. The van der Waals surface area contributed by atoms with Gasteiger partial charge in [-0.2, -0.15) is 0 Å². The highest BCUT2D eigenvalue weighted by Gasteiger charge is 2.30. The van der Waals surface area contributed by atoms with Crippen LogP contribution in [-0.2, 0) is 0 Å². The molecule has 4 heteroatoms. The van der Waals surface area contributed by atoms with Crippen molar-refractivity contribution in [1.82, 2.24) is 0 Å². The Morgan fingerprint density at radius 1 is 1.27 bits per heavy atom. The van der Waals surface area contributed by atoms with Crippen LogP contribution in [0.4, 0.5) is 4.39 Å². The van der Waals surface area contributed by atoms with E-state index >= 15 is 0 Å². The van der Waals surface area contributed by atoms with E-state index in [2.05, 4.69) is 36.9 Å². The van der Waals surface area contributed by atoms with Gasteiger partial charge in [0, 0.05) is 11.6 Å². The largest absolute Gasteiger partial charge is 0.281 e. The van der Waals surface area contributed by atoms with Gasteiger partial charge in [0.15, 0.2) is 0 Å². The van der Waals surface area contributed by atoms with Crippen molar-refractivity contribution in [2.24, 2.45) is 4.99 Å². The summed E-state index contributed by atoms with van der Waals surface area (Å²) in [5.74, 6) is 0. The third-order valence-corrected chi connectivity index (χ3v) is 2.45. The van der Waals surface area contributed by atoms with Crippen LogP contribution in [0.5, 0.6) is 0 Å². The van der Waals surface area contributed by atoms with Gasteiger partial charge in [-0.1, -0.05) is 30.3 Å². The summed E-state index contributed by atoms with van der Waals surface area (Å²) in [5.41, 5.74) is 1.13. The minimum Gasteiger partial charge on any atom is -0.281 e. The first kappa shape index (κ1) is 12.8. The van der Waals surface area contributed by atoms with Crippen LogP contribution in [0.25, 0.3) is 0 Å². The number of rotatable bonds is 3. The molecule has 0 atom stereocenters. The highest BCUT2D eigenvalue weighted by atomic mass is 79.9. The fourth-order valence-corrected chi connectivity index (χ4v) is 1.83. The minimum atomic E-state index is -1.77. The summed E-state index contributed by atoms with van der Waals surface area (Å²) in [4.78, 5) is 4.27. The molecule has 0 bridgehead atoms.